The van der Waals surface area contributed by atoms with Crippen LogP contribution in [0.15, 0.2) is 23.1 Å². The molecule has 2 aliphatic rings. The van der Waals surface area contributed by atoms with Crippen molar-refractivity contribution in [3.63, 3.8) is 0 Å². The fourth-order valence-electron chi connectivity index (χ4n) is 3.98. The minimum absolute atomic E-state index is 0.000257. The third-order valence-corrected chi connectivity index (χ3v) is 7.89. The second kappa shape index (κ2) is 10.6. The second-order valence-electron chi connectivity index (χ2n) is 7.94. The number of nitrogens with zero attached hydrogens (tertiary/aromatic N) is 1. The van der Waals surface area contributed by atoms with Crippen molar-refractivity contribution in [2.45, 2.75) is 68.7 Å². The fraction of sp³-hybridized carbons (Fsp3) is 0.619. The van der Waals surface area contributed by atoms with Crippen LogP contribution < -0.4 is 5.32 Å². The summed E-state index contributed by atoms with van der Waals surface area (Å²) >= 11 is 6.10. The van der Waals surface area contributed by atoms with E-state index in [0.717, 1.165) is 38.5 Å². The average Bonchev–Trinajstić information content (AvgIpc) is 3.24. The molecule has 0 aromatic heterocycles. The molecule has 1 aromatic carbocycles. The molecule has 0 radical (unpaired) electrons. The van der Waals surface area contributed by atoms with E-state index in [1.165, 1.54) is 41.8 Å². The van der Waals surface area contributed by atoms with E-state index in [2.05, 4.69) is 5.32 Å². The van der Waals surface area contributed by atoms with Crippen LogP contribution in [0.3, 0.4) is 0 Å². The number of hydrogen-bond donors (Lipinski definition) is 1. The van der Waals surface area contributed by atoms with E-state index in [0.29, 0.717) is 13.1 Å². The van der Waals surface area contributed by atoms with E-state index in [4.69, 9.17) is 16.3 Å². The number of sulfonamides is 1. The molecule has 1 amide bonds. The average molecular weight is 457 g/mol. The molecular formula is C21H29ClN2O5S. The largest absolute Gasteiger partial charge is 0.452 e. The number of carbonyl (C=O) groups excluding carboxylic acids is 2. The van der Waals surface area contributed by atoms with E-state index < -0.39 is 22.6 Å². The van der Waals surface area contributed by atoms with Crippen molar-refractivity contribution >= 4 is 33.5 Å². The number of benzene rings is 1. The van der Waals surface area contributed by atoms with E-state index >= 15 is 0 Å². The number of hydrogen-bond acceptors (Lipinski definition) is 5. The van der Waals surface area contributed by atoms with Gasteiger partial charge in [-0.25, -0.2) is 13.2 Å². The molecule has 0 bridgehead atoms. The summed E-state index contributed by atoms with van der Waals surface area (Å²) in [7, 11) is -3.68. The monoisotopic (exact) mass is 456 g/mol. The number of nitrogens with one attached hydrogen (secondary N) is 1. The van der Waals surface area contributed by atoms with Crippen LogP contribution in [0.5, 0.6) is 0 Å². The Bertz CT molecular complexity index is 860. The molecule has 166 valence electrons. The molecule has 1 aliphatic carbocycles. The predicted octanol–water partition coefficient (Wildman–Crippen LogP) is 3.51. The van der Waals surface area contributed by atoms with Crippen molar-refractivity contribution in [3.8, 4) is 0 Å². The minimum atomic E-state index is -3.68. The Hall–Kier alpha value is -1.64. The number of ether oxygens (including phenoxy) is 1. The van der Waals surface area contributed by atoms with Crippen molar-refractivity contribution < 1.29 is 22.7 Å². The van der Waals surface area contributed by atoms with Crippen LogP contribution in [-0.2, 0) is 19.6 Å². The number of esters is 1. The minimum Gasteiger partial charge on any atom is -0.452 e. The number of amides is 1. The molecule has 0 atom stereocenters. The van der Waals surface area contributed by atoms with Crippen molar-refractivity contribution in [1.29, 1.82) is 0 Å². The first-order valence-corrected chi connectivity index (χ1v) is 12.5. The van der Waals surface area contributed by atoms with Gasteiger partial charge >= 0.3 is 5.97 Å². The van der Waals surface area contributed by atoms with Crippen molar-refractivity contribution in [2.24, 2.45) is 0 Å². The van der Waals surface area contributed by atoms with Crippen LogP contribution in [0, 0.1) is 0 Å². The lowest BCUT2D eigenvalue weighted by Crippen LogP contribution is -2.38. The molecule has 1 saturated heterocycles. The van der Waals surface area contributed by atoms with Crippen LogP contribution in [0.4, 0.5) is 0 Å². The lowest BCUT2D eigenvalue weighted by molar-refractivity contribution is -0.125. The van der Waals surface area contributed by atoms with Crippen molar-refractivity contribution in [1.82, 2.24) is 9.62 Å². The Balaban J connectivity index is 1.60. The summed E-state index contributed by atoms with van der Waals surface area (Å²) < 4.78 is 32.0. The molecular weight excluding hydrogens is 428 g/mol. The first kappa shape index (κ1) is 23.0. The van der Waals surface area contributed by atoms with Gasteiger partial charge in [-0.05, 0) is 43.9 Å². The summed E-state index contributed by atoms with van der Waals surface area (Å²) in [5, 5.41) is 3.01. The highest BCUT2D eigenvalue weighted by atomic mass is 35.5. The molecule has 9 heteroatoms. The van der Waals surface area contributed by atoms with Gasteiger partial charge in [0.25, 0.3) is 5.91 Å². The van der Waals surface area contributed by atoms with Gasteiger partial charge in [-0.15, -0.1) is 0 Å². The molecule has 2 fully saturated rings. The number of rotatable bonds is 6. The van der Waals surface area contributed by atoms with Crippen molar-refractivity contribution in [3.05, 3.63) is 28.8 Å². The zero-order chi connectivity index (χ0) is 21.6. The summed E-state index contributed by atoms with van der Waals surface area (Å²) in [5.74, 6) is -1.17. The SMILES string of the molecule is O=C(COC(=O)c1cc(S(=O)(=O)N2CCCC2)ccc1Cl)NC1CCCCCCC1. The third kappa shape index (κ3) is 5.95. The standard InChI is InChI=1S/C21H29ClN2O5S/c22-19-11-10-17(30(27,28)24-12-6-7-13-24)14-18(19)21(26)29-15-20(25)23-16-8-4-2-1-3-5-9-16/h10-11,14,16H,1-9,12-13,15H2,(H,23,25). The fourth-order valence-corrected chi connectivity index (χ4v) is 5.72. The molecule has 3 rings (SSSR count). The van der Waals surface area contributed by atoms with Crippen LogP contribution >= 0.6 is 11.6 Å². The third-order valence-electron chi connectivity index (χ3n) is 5.67. The van der Waals surface area contributed by atoms with Crippen molar-refractivity contribution in [2.75, 3.05) is 19.7 Å². The van der Waals surface area contributed by atoms with Gasteiger partial charge in [0, 0.05) is 19.1 Å². The highest BCUT2D eigenvalue weighted by Gasteiger charge is 2.28. The molecule has 1 aliphatic heterocycles. The predicted molar refractivity (Wildman–Crippen MR) is 114 cm³/mol. The molecule has 30 heavy (non-hydrogen) atoms. The maximum absolute atomic E-state index is 12.7. The summed E-state index contributed by atoms with van der Waals surface area (Å²) in [6.45, 7) is 0.507. The Morgan fingerprint density at radius 3 is 2.33 bits per heavy atom. The van der Waals surface area contributed by atoms with Crippen LogP contribution in [-0.4, -0.2) is 50.3 Å². The smallest absolute Gasteiger partial charge is 0.340 e. The first-order chi connectivity index (χ1) is 14.4. The highest BCUT2D eigenvalue weighted by Crippen LogP contribution is 2.26. The summed E-state index contributed by atoms with van der Waals surface area (Å²) in [6, 6.07) is 4.09. The van der Waals surface area contributed by atoms with Gasteiger partial charge in [0.15, 0.2) is 6.61 Å². The molecule has 1 heterocycles. The van der Waals surface area contributed by atoms with Crippen LogP contribution in [0.25, 0.3) is 0 Å². The van der Waals surface area contributed by atoms with Gasteiger partial charge in [0.05, 0.1) is 15.5 Å². The van der Waals surface area contributed by atoms with Crippen LogP contribution in [0.2, 0.25) is 5.02 Å². The summed E-state index contributed by atoms with van der Waals surface area (Å²) in [6.07, 6.45) is 9.26. The summed E-state index contributed by atoms with van der Waals surface area (Å²) in [5.41, 5.74) is -0.0595. The Morgan fingerprint density at radius 1 is 1.03 bits per heavy atom. The Morgan fingerprint density at radius 2 is 1.67 bits per heavy atom. The van der Waals surface area contributed by atoms with Gasteiger partial charge in [-0.2, -0.15) is 4.31 Å². The van der Waals surface area contributed by atoms with E-state index in [9.17, 15) is 18.0 Å². The number of halogens is 1. The molecule has 1 N–H and O–H groups in total. The van der Waals surface area contributed by atoms with Gasteiger partial charge in [0.2, 0.25) is 10.0 Å². The van der Waals surface area contributed by atoms with E-state index in [-0.39, 0.29) is 27.4 Å². The maximum atomic E-state index is 12.7. The summed E-state index contributed by atoms with van der Waals surface area (Å²) in [4.78, 5) is 24.7. The Labute approximate surface area is 183 Å². The van der Waals surface area contributed by atoms with E-state index in [1.54, 1.807) is 0 Å². The maximum Gasteiger partial charge on any atom is 0.340 e. The highest BCUT2D eigenvalue weighted by molar-refractivity contribution is 7.89. The topological polar surface area (TPSA) is 92.8 Å². The quantitative estimate of drug-likeness (QED) is 0.661. The second-order valence-corrected chi connectivity index (χ2v) is 10.3. The van der Waals surface area contributed by atoms with Crippen LogP contribution in [0.1, 0.15) is 68.1 Å². The lowest BCUT2D eigenvalue weighted by atomic mass is 9.97. The molecule has 1 saturated carbocycles. The lowest BCUT2D eigenvalue weighted by Gasteiger charge is -2.21. The normalized spacial score (nSPS) is 19.1. The molecule has 7 nitrogen and oxygen atoms in total. The molecule has 0 unspecified atom stereocenters. The van der Waals surface area contributed by atoms with Gasteiger partial charge in [-0.1, -0.05) is 43.7 Å². The van der Waals surface area contributed by atoms with E-state index in [1.807, 2.05) is 0 Å². The Kier molecular flexibility index (Phi) is 8.13. The zero-order valence-electron chi connectivity index (χ0n) is 17.1. The van der Waals surface area contributed by atoms with Gasteiger partial charge < -0.3 is 10.1 Å². The van der Waals surface area contributed by atoms with Gasteiger partial charge in [0.1, 0.15) is 0 Å². The molecule has 0 spiro atoms. The first-order valence-electron chi connectivity index (χ1n) is 10.6. The van der Waals surface area contributed by atoms with Gasteiger partial charge in [-0.3, -0.25) is 4.79 Å². The molecule has 1 aromatic rings. The number of carbonyl (C=O) groups is 2. The zero-order valence-corrected chi connectivity index (χ0v) is 18.6.